The molecule has 0 bridgehead atoms. The van der Waals surface area contributed by atoms with E-state index in [2.05, 4.69) is 4.74 Å². The Labute approximate surface area is 263 Å². The minimum absolute atomic E-state index is 0.127. The number of halogens is 4. The summed E-state index contributed by atoms with van der Waals surface area (Å²) in [6.45, 7) is 11.3. The maximum atomic E-state index is 11.3. The van der Waals surface area contributed by atoms with Gasteiger partial charge < -0.3 is 24.4 Å². The van der Waals surface area contributed by atoms with Crippen LogP contribution < -0.4 is 0 Å². The predicted octanol–water partition coefficient (Wildman–Crippen LogP) is 5.51. The fourth-order valence-corrected chi connectivity index (χ4v) is 5.08. The first-order chi connectivity index (χ1) is 18.7. The third-order valence-electron chi connectivity index (χ3n) is 7.49. The van der Waals surface area contributed by atoms with Gasteiger partial charge >= 0.3 is 23.9 Å². The molecule has 2 saturated carbocycles. The molecule has 2 rings (SSSR count). The molecule has 0 spiro atoms. The quantitative estimate of drug-likeness (QED) is 0.149. The van der Waals surface area contributed by atoms with Crippen molar-refractivity contribution in [2.24, 2.45) is 11.8 Å². The van der Waals surface area contributed by atoms with Crippen LogP contribution in [0.5, 0.6) is 0 Å². The van der Waals surface area contributed by atoms with Gasteiger partial charge in [-0.15, -0.1) is 46.4 Å². The summed E-state index contributed by atoms with van der Waals surface area (Å²) in [6, 6.07) is 0. The Hall–Kier alpha value is -0.840. The molecule has 13 heteroatoms. The number of esters is 4. The average Bonchev–Trinajstić information content (AvgIpc) is 2.88. The van der Waals surface area contributed by atoms with E-state index in [4.69, 9.17) is 55.9 Å². The van der Waals surface area contributed by atoms with Crippen molar-refractivity contribution in [3.05, 3.63) is 0 Å². The van der Waals surface area contributed by atoms with E-state index in [1.165, 1.54) is 0 Å². The van der Waals surface area contributed by atoms with Crippen molar-refractivity contribution in [2.75, 3.05) is 23.5 Å². The van der Waals surface area contributed by atoms with E-state index in [-0.39, 0.29) is 35.4 Å². The third kappa shape index (κ3) is 16.6. The lowest BCUT2D eigenvalue weighted by Crippen LogP contribution is -2.44. The van der Waals surface area contributed by atoms with Gasteiger partial charge in [0, 0.05) is 0 Å². The van der Waals surface area contributed by atoms with Crippen LogP contribution in [0.1, 0.15) is 92.9 Å². The fraction of sp³-hybridized carbons (Fsp3) is 0.857. The van der Waals surface area contributed by atoms with Crippen LogP contribution in [-0.2, 0) is 33.4 Å². The lowest BCUT2D eigenvalue weighted by Gasteiger charge is -2.42. The van der Waals surface area contributed by atoms with Gasteiger partial charge in [-0.05, 0) is 105 Å². The maximum Gasteiger partial charge on any atom is 0.328 e. The van der Waals surface area contributed by atoms with Gasteiger partial charge in [0.1, 0.15) is 34.7 Å². The van der Waals surface area contributed by atoms with Crippen LogP contribution in [0.3, 0.4) is 0 Å². The first kappa shape index (κ1) is 40.2. The number of carbonyl (C=O) groups is 4. The molecule has 0 aromatic rings. The molecule has 0 atom stereocenters. The molecular formula is C28H46Cl4O9. The molecule has 2 N–H and O–H groups in total. The zero-order chi connectivity index (χ0) is 32.1. The number of alkyl halides is 4. The van der Waals surface area contributed by atoms with Gasteiger partial charge in [0.05, 0.1) is 11.2 Å². The van der Waals surface area contributed by atoms with Crippen molar-refractivity contribution in [2.45, 2.75) is 115 Å². The topological polar surface area (TPSA) is 136 Å². The predicted molar refractivity (Wildman–Crippen MR) is 159 cm³/mol. The van der Waals surface area contributed by atoms with E-state index in [9.17, 15) is 29.4 Å². The third-order valence-corrected chi connectivity index (χ3v) is 8.36. The molecule has 0 amide bonds. The molecule has 0 saturated heterocycles. The molecule has 0 aliphatic heterocycles. The zero-order valence-corrected chi connectivity index (χ0v) is 27.9. The second-order valence-corrected chi connectivity index (χ2v) is 13.2. The van der Waals surface area contributed by atoms with Gasteiger partial charge in [-0.1, -0.05) is 0 Å². The molecule has 2 fully saturated rings. The number of rotatable bonds is 8. The smallest absolute Gasteiger partial charge is 0.328 e. The van der Waals surface area contributed by atoms with Crippen LogP contribution >= 0.6 is 46.4 Å². The van der Waals surface area contributed by atoms with Crippen molar-refractivity contribution < 1.29 is 43.6 Å². The Kier molecular flexibility index (Phi) is 17.7. The SMILES string of the molecule is CC1(O)CCC(C(C)(C)O)CC1.CC1(OC(=O)CCl)CCC(C(C)(C)OC(=O)CCl)CC1.O=C(CCl)OC(=O)CCl. The summed E-state index contributed by atoms with van der Waals surface area (Å²) in [6.07, 6.45) is 6.66. The van der Waals surface area contributed by atoms with E-state index >= 15 is 0 Å². The molecule has 2 aliphatic rings. The summed E-state index contributed by atoms with van der Waals surface area (Å²) in [5.41, 5.74) is -2.07. The summed E-state index contributed by atoms with van der Waals surface area (Å²) in [5, 5.41) is 19.4. The summed E-state index contributed by atoms with van der Waals surface area (Å²) in [5.74, 6) is -2.68. The Balaban J connectivity index is 0.000000646. The second-order valence-electron chi connectivity index (χ2n) is 12.1. The summed E-state index contributed by atoms with van der Waals surface area (Å²) in [4.78, 5) is 42.9. The van der Waals surface area contributed by atoms with Crippen LogP contribution in [0.25, 0.3) is 0 Å². The van der Waals surface area contributed by atoms with Gasteiger partial charge in [-0.2, -0.15) is 0 Å². The number of carbonyl (C=O) groups excluding carboxylic acids is 4. The second kappa shape index (κ2) is 18.1. The van der Waals surface area contributed by atoms with Crippen LogP contribution in [0.15, 0.2) is 0 Å². The highest BCUT2D eigenvalue weighted by Gasteiger charge is 2.41. The molecule has 0 heterocycles. The fourth-order valence-electron chi connectivity index (χ4n) is 4.86. The van der Waals surface area contributed by atoms with Gasteiger partial charge in [-0.3, -0.25) is 19.2 Å². The maximum absolute atomic E-state index is 11.3. The highest BCUT2D eigenvalue weighted by molar-refractivity contribution is 6.29. The van der Waals surface area contributed by atoms with E-state index in [1.54, 1.807) is 0 Å². The van der Waals surface area contributed by atoms with Crippen LogP contribution in [0.4, 0.5) is 0 Å². The first-order valence-electron chi connectivity index (χ1n) is 13.6. The Morgan fingerprint density at radius 1 is 0.707 bits per heavy atom. The molecule has 0 unspecified atom stereocenters. The molecular weight excluding hydrogens is 622 g/mol. The normalized spacial score (nSPS) is 26.2. The molecule has 9 nitrogen and oxygen atoms in total. The van der Waals surface area contributed by atoms with Gasteiger partial charge in [-0.25, -0.2) is 0 Å². The minimum Gasteiger partial charge on any atom is -0.458 e. The van der Waals surface area contributed by atoms with Crippen molar-refractivity contribution in [1.82, 2.24) is 0 Å². The van der Waals surface area contributed by atoms with Crippen molar-refractivity contribution in [1.29, 1.82) is 0 Å². The standard InChI is InChI=1S/C14H22Cl2O4.C10H20O2.C4H4Cl2O3/c1-13(2,19-11(17)8-15)10-4-6-14(3,7-5-10)20-12(18)9-16;1-9(2,11)8-4-6-10(3,12)7-5-8;5-1-3(7)9-4(8)2-6/h10H,4-9H2,1-3H3;8,11-12H,4-7H2,1-3H3;1-2H2. The van der Waals surface area contributed by atoms with E-state index in [0.29, 0.717) is 5.92 Å². The van der Waals surface area contributed by atoms with Gasteiger partial charge in [0.25, 0.3) is 0 Å². The molecule has 0 radical (unpaired) electrons. The van der Waals surface area contributed by atoms with Gasteiger partial charge in [0.15, 0.2) is 0 Å². The largest absolute Gasteiger partial charge is 0.458 e. The van der Waals surface area contributed by atoms with Gasteiger partial charge in [0.2, 0.25) is 0 Å². The molecule has 2 aliphatic carbocycles. The highest BCUT2D eigenvalue weighted by Crippen LogP contribution is 2.41. The lowest BCUT2D eigenvalue weighted by atomic mass is 9.73. The Bertz CT molecular complexity index is 824. The van der Waals surface area contributed by atoms with E-state index in [1.807, 2.05) is 41.5 Å². The summed E-state index contributed by atoms with van der Waals surface area (Å²) >= 11 is 20.9. The first-order valence-corrected chi connectivity index (χ1v) is 15.7. The number of ether oxygens (including phenoxy) is 3. The summed E-state index contributed by atoms with van der Waals surface area (Å²) in [7, 11) is 0. The number of hydrogen-bond acceptors (Lipinski definition) is 9. The number of hydrogen-bond donors (Lipinski definition) is 2. The molecule has 41 heavy (non-hydrogen) atoms. The zero-order valence-electron chi connectivity index (χ0n) is 24.9. The van der Waals surface area contributed by atoms with Crippen molar-refractivity contribution >= 4 is 70.3 Å². The molecule has 0 aromatic heterocycles. The van der Waals surface area contributed by atoms with E-state index < -0.39 is 40.3 Å². The number of aliphatic hydroxyl groups is 2. The van der Waals surface area contributed by atoms with E-state index in [0.717, 1.165) is 51.4 Å². The lowest BCUT2D eigenvalue weighted by molar-refractivity contribution is -0.167. The minimum atomic E-state index is -0.776. The van der Waals surface area contributed by atoms with Crippen LogP contribution in [0.2, 0.25) is 0 Å². The van der Waals surface area contributed by atoms with Crippen molar-refractivity contribution in [3.8, 4) is 0 Å². The van der Waals surface area contributed by atoms with Crippen LogP contribution in [0, 0.1) is 11.8 Å². The van der Waals surface area contributed by atoms with Crippen molar-refractivity contribution in [3.63, 3.8) is 0 Å². The van der Waals surface area contributed by atoms with Crippen LogP contribution in [-0.4, -0.2) is 80.0 Å². The monoisotopic (exact) mass is 666 g/mol. The average molecular weight is 668 g/mol. The Morgan fingerprint density at radius 3 is 1.46 bits per heavy atom. The molecule has 0 aromatic carbocycles. The summed E-state index contributed by atoms with van der Waals surface area (Å²) < 4.78 is 14.8. The highest BCUT2D eigenvalue weighted by atomic mass is 35.5. The Morgan fingerprint density at radius 2 is 1.10 bits per heavy atom. The molecule has 240 valence electrons.